The number of benzene rings is 1. The standard InChI is InChI=1S/C12H9NO3/c13-6-9-11-8(3-4-15-11)5-7-1-2-10(14)16-12(7)9/h1-5H,6,13H2. The fourth-order valence-electron chi connectivity index (χ4n) is 1.91. The minimum Gasteiger partial charge on any atom is -0.464 e. The van der Waals surface area contributed by atoms with Gasteiger partial charge in [0, 0.05) is 23.4 Å². The van der Waals surface area contributed by atoms with Gasteiger partial charge in [-0.15, -0.1) is 0 Å². The number of nitrogens with two attached hydrogens (primary N) is 1. The molecule has 0 amide bonds. The Kier molecular flexibility index (Phi) is 1.84. The van der Waals surface area contributed by atoms with Crippen LogP contribution in [0, 0.1) is 0 Å². The number of furan rings is 1. The van der Waals surface area contributed by atoms with Gasteiger partial charge in [-0.25, -0.2) is 4.79 Å². The largest absolute Gasteiger partial charge is 0.464 e. The summed E-state index contributed by atoms with van der Waals surface area (Å²) in [4.78, 5) is 11.2. The van der Waals surface area contributed by atoms with Gasteiger partial charge in [-0.1, -0.05) is 0 Å². The maximum atomic E-state index is 11.2. The van der Waals surface area contributed by atoms with Gasteiger partial charge in [-0.3, -0.25) is 0 Å². The monoisotopic (exact) mass is 215 g/mol. The van der Waals surface area contributed by atoms with Crippen LogP contribution in [0.1, 0.15) is 5.56 Å². The smallest absolute Gasteiger partial charge is 0.336 e. The zero-order chi connectivity index (χ0) is 11.1. The Morgan fingerprint density at radius 2 is 1.94 bits per heavy atom. The fraction of sp³-hybridized carbons (Fsp3) is 0.0833. The molecule has 0 bridgehead atoms. The molecule has 4 heteroatoms. The lowest BCUT2D eigenvalue weighted by Crippen LogP contribution is -2.01. The molecule has 3 rings (SSSR count). The quantitative estimate of drug-likeness (QED) is 0.630. The molecule has 0 saturated heterocycles. The van der Waals surface area contributed by atoms with Crippen LogP contribution in [0.15, 0.2) is 44.2 Å². The minimum atomic E-state index is -0.381. The van der Waals surface area contributed by atoms with Crippen molar-refractivity contribution in [3.05, 3.63) is 46.5 Å². The van der Waals surface area contributed by atoms with Gasteiger partial charge in [-0.05, 0) is 18.2 Å². The zero-order valence-electron chi connectivity index (χ0n) is 8.40. The molecule has 2 N–H and O–H groups in total. The molecular weight excluding hydrogens is 206 g/mol. The molecule has 80 valence electrons. The summed E-state index contributed by atoms with van der Waals surface area (Å²) in [5.41, 5.74) is 7.22. The first-order chi connectivity index (χ1) is 7.79. The summed E-state index contributed by atoms with van der Waals surface area (Å²) in [6, 6.07) is 6.90. The van der Waals surface area contributed by atoms with E-state index in [4.69, 9.17) is 14.6 Å². The number of hydrogen-bond donors (Lipinski definition) is 1. The molecule has 1 aromatic carbocycles. The molecule has 0 atom stereocenters. The number of rotatable bonds is 1. The highest BCUT2D eigenvalue weighted by molar-refractivity contribution is 5.96. The molecule has 0 spiro atoms. The maximum Gasteiger partial charge on any atom is 0.336 e. The Hall–Kier alpha value is -2.07. The minimum absolute atomic E-state index is 0.272. The SMILES string of the molecule is NCc1c2occc2cc2ccc(=O)oc12. The Morgan fingerprint density at radius 3 is 2.75 bits per heavy atom. The molecule has 3 aromatic rings. The van der Waals surface area contributed by atoms with Crippen LogP contribution in [-0.2, 0) is 6.54 Å². The van der Waals surface area contributed by atoms with Crippen molar-refractivity contribution in [2.24, 2.45) is 5.73 Å². The predicted octanol–water partition coefficient (Wildman–Crippen LogP) is 2.00. The van der Waals surface area contributed by atoms with Crippen molar-refractivity contribution in [1.29, 1.82) is 0 Å². The molecule has 0 aliphatic heterocycles. The average molecular weight is 215 g/mol. The van der Waals surface area contributed by atoms with Gasteiger partial charge >= 0.3 is 5.63 Å². The molecule has 0 radical (unpaired) electrons. The lowest BCUT2D eigenvalue weighted by atomic mass is 10.1. The Balaban J connectivity index is 2.60. The van der Waals surface area contributed by atoms with E-state index in [9.17, 15) is 4.79 Å². The second-order valence-corrected chi connectivity index (χ2v) is 3.57. The summed E-state index contributed by atoms with van der Waals surface area (Å²) in [6.07, 6.45) is 1.60. The van der Waals surface area contributed by atoms with E-state index in [0.29, 0.717) is 11.2 Å². The van der Waals surface area contributed by atoms with Crippen molar-refractivity contribution >= 4 is 21.9 Å². The van der Waals surface area contributed by atoms with Crippen LogP contribution in [-0.4, -0.2) is 0 Å². The highest BCUT2D eigenvalue weighted by atomic mass is 16.4. The summed E-state index contributed by atoms with van der Waals surface area (Å²) < 4.78 is 10.5. The molecule has 0 aliphatic rings. The van der Waals surface area contributed by atoms with Crippen molar-refractivity contribution in [2.45, 2.75) is 6.54 Å². The van der Waals surface area contributed by atoms with E-state index in [1.165, 1.54) is 6.07 Å². The first-order valence-electron chi connectivity index (χ1n) is 4.92. The van der Waals surface area contributed by atoms with Crippen LogP contribution in [0.5, 0.6) is 0 Å². The Morgan fingerprint density at radius 1 is 1.12 bits per heavy atom. The molecule has 4 nitrogen and oxygen atoms in total. The van der Waals surface area contributed by atoms with Gasteiger partial charge in [0.1, 0.15) is 11.2 Å². The van der Waals surface area contributed by atoms with Gasteiger partial charge in [0.2, 0.25) is 0 Å². The van der Waals surface area contributed by atoms with E-state index in [0.717, 1.165) is 16.3 Å². The van der Waals surface area contributed by atoms with Crippen LogP contribution in [0.25, 0.3) is 21.9 Å². The molecule has 16 heavy (non-hydrogen) atoms. The average Bonchev–Trinajstić information content (AvgIpc) is 2.73. The molecule has 0 aliphatic carbocycles. The maximum absolute atomic E-state index is 11.2. The highest BCUT2D eigenvalue weighted by Crippen LogP contribution is 2.27. The topological polar surface area (TPSA) is 69.4 Å². The van der Waals surface area contributed by atoms with E-state index in [1.54, 1.807) is 12.3 Å². The van der Waals surface area contributed by atoms with Gasteiger partial charge in [0.25, 0.3) is 0 Å². The normalized spacial score (nSPS) is 11.3. The molecule has 0 fully saturated rings. The van der Waals surface area contributed by atoms with E-state index in [1.807, 2.05) is 12.1 Å². The van der Waals surface area contributed by atoms with E-state index < -0.39 is 0 Å². The van der Waals surface area contributed by atoms with E-state index in [2.05, 4.69) is 0 Å². The second-order valence-electron chi connectivity index (χ2n) is 3.57. The molecule has 0 saturated carbocycles. The van der Waals surface area contributed by atoms with Gasteiger partial charge in [0.15, 0.2) is 0 Å². The van der Waals surface area contributed by atoms with Crippen LogP contribution in [0.3, 0.4) is 0 Å². The first kappa shape index (κ1) is 9.18. The summed E-state index contributed by atoms with van der Waals surface area (Å²) in [6.45, 7) is 0.272. The van der Waals surface area contributed by atoms with Gasteiger partial charge < -0.3 is 14.6 Å². The first-order valence-corrected chi connectivity index (χ1v) is 4.92. The lowest BCUT2D eigenvalue weighted by Gasteiger charge is -2.03. The molecular formula is C12H9NO3. The summed E-state index contributed by atoms with van der Waals surface area (Å²) in [5.74, 6) is 0. The Labute approximate surface area is 90.3 Å². The van der Waals surface area contributed by atoms with Crippen LogP contribution < -0.4 is 11.4 Å². The second kappa shape index (κ2) is 3.21. The summed E-state index contributed by atoms with van der Waals surface area (Å²) >= 11 is 0. The fourth-order valence-corrected chi connectivity index (χ4v) is 1.91. The number of fused-ring (bicyclic) bond motifs is 2. The number of hydrogen-bond acceptors (Lipinski definition) is 4. The summed E-state index contributed by atoms with van der Waals surface area (Å²) in [7, 11) is 0. The predicted molar refractivity (Wildman–Crippen MR) is 60.1 cm³/mol. The van der Waals surface area contributed by atoms with E-state index >= 15 is 0 Å². The lowest BCUT2D eigenvalue weighted by molar-refractivity contribution is 0.554. The van der Waals surface area contributed by atoms with Crippen molar-refractivity contribution in [3.8, 4) is 0 Å². The molecule has 2 aromatic heterocycles. The van der Waals surface area contributed by atoms with Gasteiger partial charge in [0.05, 0.1) is 11.8 Å². The van der Waals surface area contributed by atoms with E-state index in [-0.39, 0.29) is 12.2 Å². The van der Waals surface area contributed by atoms with Crippen LogP contribution in [0.2, 0.25) is 0 Å². The van der Waals surface area contributed by atoms with Crippen molar-refractivity contribution < 1.29 is 8.83 Å². The third kappa shape index (κ3) is 1.17. The van der Waals surface area contributed by atoms with Crippen LogP contribution >= 0.6 is 0 Å². The van der Waals surface area contributed by atoms with Crippen LogP contribution in [0.4, 0.5) is 0 Å². The summed E-state index contributed by atoms with van der Waals surface area (Å²) in [5, 5.41) is 1.82. The van der Waals surface area contributed by atoms with Gasteiger partial charge in [-0.2, -0.15) is 0 Å². The zero-order valence-corrected chi connectivity index (χ0v) is 8.40. The van der Waals surface area contributed by atoms with Crippen molar-refractivity contribution in [1.82, 2.24) is 0 Å². The highest BCUT2D eigenvalue weighted by Gasteiger charge is 2.11. The third-order valence-corrected chi connectivity index (χ3v) is 2.62. The molecule has 2 heterocycles. The van der Waals surface area contributed by atoms with Crippen molar-refractivity contribution in [3.63, 3.8) is 0 Å². The Bertz CT molecular complexity index is 724. The third-order valence-electron chi connectivity index (χ3n) is 2.62. The van der Waals surface area contributed by atoms with Crippen molar-refractivity contribution in [2.75, 3.05) is 0 Å². The molecule has 0 unspecified atom stereocenters.